The van der Waals surface area contributed by atoms with Gasteiger partial charge in [0.25, 0.3) is 0 Å². The molecule has 0 unspecified atom stereocenters. The van der Waals surface area contributed by atoms with Crippen molar-refractivity contribution in [3.8, 4) is 0 Å². The molecule has 0 bridgehead atoms. The number of nitrogens with one attached hydrogen (secondary N) is 1. The minimum atomic E-state index is -1.48. The fourth-order valence-corrected chi connectivity index (χ4v) is 4.67. The molecular formula is C20H40N4O11. The molecule has 3 rings (SSSR count). The van der Waals surface area contributed by atoms with Crippen LogP contribution in [0.3, 0.4) is 0 Å². The first-order valence-corrected chi connectivity index (χ1v) is 11.8. The number of nitrogens with two attached hydrogens (primary N) is 3. The van der Waals surface area contributed by atoms with Gasteiger partial charge in [0, 0.05) is 25.2 Å². The van der Waals surface area contributed by atoms with E-state index in [0.29, 0.717) is 0 Å². The lowest BCUT2D eigenvalue weighted by molar-refractivity contribution is -0.315. The van der Waals surface area contributed by atoms with Crippen LogP contribution in [0.2, 0.25) is 0 Å². The average Bonchev–Trinajstić information content (AvgIpc) is 3.07. The van der Waals surface area contributed by atoms with Crippen LogP contribution in [0.25, 0.3) is 0 Å². The zero-order valence-corrected chi connectivity index (χ0v) is 19.5. The molecule has 3 aliphatic rings. The zero-order chi connectivity index (χ0) is 26.0. The molecule has 0 aromatic heterocycles. The molecule has 206 valence electrons. The lowest BCUT2D eigenvalue weighted by Crippen LogP contribution is -2.68. The van der Waals surface area contributed by atoms with Gasteiger partial charge in [-0.25, -0.2) is 0 Å². The second-order valence-electron chi connectivity index (χ2n) is 9.48. The highest BCUT2D eigenvalue weighted by Gasteiger charge is 2.52. The van der Waals surface area contributed by atoms with Crippen molar-refractivity contribution in [2.45, 2.75) is 105 Å². The highest BCUT2D eigenvalue weighted by molar-refractivity contribution is 5.01. The first-order chi connectivity index (χ1) is 16.5. The molecule has 2 heterocycles. The van der Waals surface area contributed by atoms with E-state index < -0.39 is 91.7 Å². The van der Waals surface area contributed by atoms with E-state index in [1.807, 2.05) is 0 Å². The standard InChI is InChI=1S/C20H40N4O11/c1-6(26)16-14(30)13(29)10(23)19(33-16)34-17-8(22)4-7(21)11(27)18(17)35-20-15(31)12(28)9(32-20)5-24-2-3-25/h6-20,24-31H,2-5,21-23H2,1H3/t6-,7-,8+,9-,10-,11+,12-,13-,14+,15-,16-,17-,18-,19-,20+/m1/s1. The van der Waals surface area contributed by atoms with Gasteiger partial charge in [0.2, 0.25) is 0 Å². The topological polar surface area (TPSA) is 269 Å². The first kappa shape index (κ1) is 29.0. The van der Waals surface area contributed by atoms with E-state index in [4.69, 9.17) is 41.3 Å². The third-order valence-corrected chi connectivity index (χ3v) is 6.76. The number of aliphatic hydroxyl groups is 7. The monoisotopic (exact) mass is 512 g/mol. The molecule has 2 aliphatic heterocycles. The number of hydrogen-bond donors (Lipinski definition) is 11. The Labute approximate surface area is 202 Å². The van der Waals surface area contributed by atoms with Gasteiger partial charge in [0.1, 0.15) is 48.8 Å². The molecule has 1 saturated carbocycles. The van der Waals surface area contributed by atoms with Gasteiger partial charge in [-0.2, -0.15) is 0 Å². The van der Waals surface area contributed by atoms with Crippen molar-refractivity contribution in [3.05, 3.63) is 0 Å². The Kier molecular flexibility index (Phi) is 10.2. The van der Waals surface area contributed by atoms with E-state index in [9.17, 15) is 30.6 Å². The van der Waals surface area contributed by atoms with Gasteiger partial charge in [-0.3, -0.25) is 0 Å². The van der Waals surface area contributed by atoms with Crippen molar-refractivity contribution in [1.29, 1.82) is 0 Å². The van der Waals surface area contributed by atoms with Crippen molar-refractivity contribution in [2.24, 2.45) is 17.2 Å². The Bertz CT molecular complexity index is 667. The van der Waals surface area contributed by atoms with E-state index in [0.717, 1.165) is 0 Å². The van der Waals surface area contributed by atoms with Crippen LogP contribution in [0.4, 0.5) is 0 Å². The molecule has 0 aromatic carbocycles. The van der Waals surface area contributed by atoms with E-state index in [-0.39, 0.29) is 26.1 Å². The highest BCUT2D eigenvalue weighted by Crippen LogP contribution is 2.32. The Morgan fingerprint density at radius 1 is 0.857 bits per heavy atom. The van der Waals surface area contributed by atoms with Crippen LogP contribution in [0.15, 0.2) is 0 Å². The van der Waals surface area contributed by atoms with Crippen LogP contribution in [0, 0.1) is 0 Å². The quantitative estimate of drug-likeness (QED) is 0.128. The molecule has 0 amide bonds. The SMILES string of the molecule is C[C@@H](O)[C@H]1O[C@H](O[C@H]2[C@H](O[C@@H]3O[C@H](CNCCO)[C@@H](O)[C@H]3O)[C@@H](O)[C@H](N)C[C@@H]2N)[C@H](N)[C@@H](O)[C@@H]1O. The molecular weight excluding hydrogens is 472 g/mol. The van der Waals surface area contributed by atoms with Gasteiger partial charge >= 0.3 is 0 Å². The maximum absolute atomic E-state index is 10.8. The Morgan fingerprint density at radius 2 is 1.51 bits per heavy atom. The van der Waals surface area contributed by atoms with Crippen LogP contribution in [0.1, 0.15) is 13.3 Å². The second-order valence-corrected chi connectivity index (χ2v) is 9.48. The molecule has 3 fully saturated rings. The third-order valence-electron chi connectivity index (χ3n) is 6.76. The number of rotatable bonds is 9. The Balaban J connectivity index is 1.75. The van der Waals surface area contributed by atoms with Gasteiger partial charge in [-0.15, -0.1) is 0 Å². The molecule has 2 saturated heterocycles. The molecule has 0 radical (unpaired) electrons. The number of hydrogen-bond acceptors (Lipinski definition) is 15. The fourth-order valence-electron chi connectivity index (χ4n) is 4.67. The Morgan fingerprint density at radius 3 is 2.14 bits per heavy atom. The molecule has 35 heavy (non-hydrogen) atoms. The van der Waals surface area contributed by atoms with Gasteiger partial charge in [0.05, 0.1) is 24.9 Å². The van der Waals surface area contributed by atoms with Gasteiger partial charge in [0.15, 0.2) is 12.6 Å². The summed E-state index contributed by atoms with van der Waals surface area (Å²) in [5, 5.41) is 73.7. The molecule has 0 spiro atoms. The van der Waals surface area contributed by atoms with Gasteiger partial charge in [-0.1, -0.05) is 0 Å². The van der Waals surface area contributed by atoms with Crippen molar-refractivity contribution in [2.75, 3.05) is 19.7 Å². The first-order valence-electron chi connectivity index (χ1n) is 11.8. The summed E-state index contributed by atoms with van der Waals surface area (Å²) in [5.74, 6) is 0. The average molecular weight is 513 g/mol. The number of aliphatic hydroxyl groups excluding tert-OH is 7. The van der Waals surface area contributed by atoms with Crippen LogP contribution in [0.5, 0.6) is 0 Å². The lowest BCUT2D eigenvalue weighted by atomic mass is 9.84. The van der Waals surface area contributed by atoms with E-state index in [1.54, 1.807) is 0 Å². The van der Waals surface area contributed by atoms with Crippen LogP contribution < -0.4 is 22.5 Å². The molecule has 15 atom stereocenters. The van der Waals surface area contributed by atoms with Crippen LogP contribution in [-0.4, -0.2) is 147 Å². The van der Waals surface area contributed by atoms with E-state index in [2.05, 4.69) is 5.32 Å². The van der Waals surface area contributed by atoms with E-state index in [1.165, 1.54) is 6.92 Å². The summed E-state index contributed by atoms with van der Waals surface area (Å²) < 4.78 is 23.0. The maximum atomic E-state index is 10.8. The molecule has 15 nitrogen and oxygen atoms in total. The van der Waals surface area contributed by atoms with Crippen LogP contribution in [-0.2, 0) is 18.9 Å². The summed E-state index contributed by atoms with van der Waals surface area (Å²) in [6.45, 7) is 1.62. The van der Waals surface area contributed by atoms with Crippen LogP contribution >= 0.6 is 0 Å². The predicted molar refractivity (Wildman–Crippen MR) is 117 cm³/mol. The summed E-state index contributed by atoms with van der Waals surface area (Å²) in [6.07, 6.45) is -15.2. The molecule has 0 aromatic rings. The number of ether oxygens (including phenoxy) is 4. The maximum Gasteiger partial charge on any atom is 0.187 e. The lowest BCUT2D eigenvalue weighted by Gasteiger charge is -2.47. The Hall–Kier alpha value is -0.600. The summed E-state index contributed by atoms with van der Waals surface area (Å²) in [6, 6.07) is -2.83. The molecule has 15 heteroatoms. The van der Waals surface area contributed by atoms with Crippen molar-refractivity contribution in [1.82, 2.24) is 5.32 Å². The normalized spacial score (nSPS) is 49.8. The zero-order valence-electron chi connectivity index (χ0n) is 19.5. The van der Waals surface area contributed by atoms with Crippen molar-refractivity contribution >= 4 is 0 Å². The summed E-state index contributed by atoms with van der Waals surface area (Å²) in [5.41, 5.74) is 18.3. The summed E-state index contributed by atoms with van der Waals surface area (Å²) in [7, 11) is 0. The van der Waals surface area contributed by atoms with Gasteiger partial charge in [-0.05, 0) is 13.3 Å². The summed E-state index contributed by atoms with van der Waals surface area (Å²) >= 11 is 0. The minimum Gasteiger partial charge on any atom is -0.395 e. The smallest absolute Gasteiger partial charge is 0.187 e. The minimum absolute atomic E-state index is 0.122. The van der Waals surface area contributed by atoms with Gasteiger partial charge < -0.3 is 77.2 Å². The van der Waals surface area contributed by atoms with E-state index >= 15 is 0 Å². The predicted octanol–water partition coefficient (Wildman–Crippen LogP) is -6.64. The third kappa shape index (κ3) is 6.28. The molecule has 1 aliphatic carbocycles. The second kappa shape index (κ2) is 12.3. The van der Waals surface area contributed by atoms with Crippen molar-refractivity contribution < 1.29 is 54.7 Å². The highest BCUT2D eigenvalue weighted by atomic mass is 16.7. The largest absolute Gasteiger partial charge is 0.395 e. The summed E-state index contributed by atoms with van der Waals surface area (Å²) in [4.78, 5) is 0. The van der Waals surface area contributed by atoms with Crippen molar-refractivity contribution in [3.63, 3.8) is 0 Å². The molecule has 14 N–H and O–H groups in total. The fraction of sp³-hybridized carbons (Fsp3) is 1.00.